The molecule has 0 radical (unpaired) electrons. The fourth-order valence-corrected chi connectivity index (χ4v) is 3.79. The highest BCUT2D eigenvalue weighted by atomic mass is 16.5. The van der Waals surface area contributed by atoms with Crippen LogP contribution >= 0.6 is 0 Å². The summed E-state index contributed by atoms with van der Waals surface area (Å²) in [6.07, 6.45) is 0.308. The largest absolute Gasteiger partial charge is 0.497 e. The predicted molar refractivity (Wildman–Crippen MR) is 137 cm³/mol. The van der Waals surface area contributed by atoms with Gasteiger partial charge in [-0.25, -0.2) is 5.43 Å². The van der Waals surface area contributed by atoms with Gasteiger partial charge in [-0.2, -0.15) is 5.10 Å². The van der Waals surface area contributed by atoms with E-state index in [0.29, 0.717) is 46.1 Å². The van der Waals surface area contributed by atoms with Crippen LogP contribution in [0.1, 0.15) is 39.6 Å². The van der Waals surface area contributed by atoms with E-state index in [4.69, 9.17) is 9.47 Å². The van der Waals surface area contributed by atoms with Gasteiger partial charge >= 0.3 is 0 Å². The van der Waals surface area contributed by atoms with Gasteiger partial charge in [0.2, 0.25) is 5.91 Å². The molecule has 3 aromatic carbocycles. The Bertz CT molecular complexity index is 1320. The molecule has 0 aromatic heterocycles. The van der Waals surface area contributed by atoms with E-state index in [0.717, 1.165) is 5.56 Å². The van der Waals surface area contributed by atoms with Gasteiger partial charge in [-0.05, 0) is 60.7 Å². The van der Waals surface area contributed by atoms with Gasteiger partial charge in [-0.15, -0.1) is 0 Å². The van der Waals surface area contributed by atoms with Crippen LogP contribution in [0.15, 0.2) is 71.8 Å². The highest BCUT2D eigenvalue weighted by molar-refractivity contribution is 6.12. The van der Waals surface area contributed by atoms with E-state index in [1.807, 2.05) is 6.92 Å². The van der Waals surface area contributed by atoms with Gasteiger partial charge < -0.3 is 20.1 Å². The topological polar surface area (TPSA) is 118 Å². The van der Waals surface area contributed by atoms with E-state index in [-0.39, 0.29) is 23.6 Å². The maximum Gasteiger partial charge on any atom is 0.255 e. The van der Waals surface area contributed by atoms with Crippen molar-refractivity contribution in [3.63, 3.8) is 0 Å². The Labute approximate surface area is 208 Å². The second-order valence-corrected chi connectivity index (χ2v) is 8.26. The van der Waals surface area contributed by atoms with Crippen molar-refractivity contribution in [2.75, 3.05) is 24.9 Å². The van der Waals surface area contributed by atoms with Gasteiger partial charge in [0.25, 0.3) is 11.8 Å². The number of nitrogens with zero attached hydrogens (tertiary/aromatic N) is 1. The summed E-state index contributed by atoms with van der Waals surface area (Å²) in [5.74, 6) is 0.305. The van der Waals surface area contributed by atoms with Crippen molar-refractivity contribution in [3.05, 3.63) is 83.4 Å². The maximum atomic E-state index is 13.0. The molecule has 4 rings (SSSR count). The van der Waals surface area contributed by atoms with Gasteiger partial charge in [-0.3, -0.25) is 14.4 Å². The van der Waals surface area contributed by atoms with Gasteiger partial charge in [0.1, 0.15) is 11.5 Å². The predicted octanol–water partition coefficient (Wildman–Crippen LogP) is 4.07. The lowest BCUT2D eigenvalue weighted by Gasteiger charge is -2.21. The number of benzene rings is 3. The molecule has 0 aliphatic carbocycles. The molecule has 1 heterocycles. The zero-order chi connectivity index (χ0) is 25.7. The van der Waals surface area contributed by atoms with Gasteiger partial charge in [-0.1, -0.05) is 13.0 Å². The van der Waals surface area contributed by atoms with Crippen LogP contribution in [0.5, 0.6) is 11.5 Å². The highest BCUT2D eigenvalue weighted by Gasteiger charge is 2.23. The van der Waals surface area contributed by atoms with Crippen LogP contribution in [0.2, 0.25) is 0 Å². The summed E-state index contributed by atoms with van der Waals surface area (Å²) in [5.41, 5.74) is 5.56. The Morgan fingerprint density at radius 2 is 1.36 bits per heavy atom. The first-order valence-corrected chi connectivity index (χ1v) is 11.3. The van der Waals surface area contributed by atoms with Crippen LogP contribution < -0.4 is 25.5 Å². The number of anilines is 2. The SMILES string of the molecule is COc1ccc(C(=O)Nc2ccc(C3=NNC(=O)CC3C)cc2NC(=O)c2ccc(OC)cc2)cc1. The van der Waals surface area contributed by atoms with E-state index in [1.54, 1.807) is 80.9 Å². The van der Waals surface area contributed by atoms with E-state index >= 15 is 0 Å². The molecule has 0 bridgehead atoms. The fraction of sp³-hybridized carbons (Fsp3) is 0.185. The van der Waals surface area contributed by atoms with Crippen molar-refractivity contribution in [1.82, 2.24) is 5.43 Å². The van der Waals surface area contributed by atoms with Crippen molar-refractivity contribution < 1.29 is 23.9 Å². The number of hydrogen-bond donors (Lipinski definition) is 3. The van der Waals surface area contributed by atoms with Crippen molar-refractivity contribution >= 4 is 34.8 Å². The number of hydrogen-bond acceptors (Lipinski definition) is 6. The van der Waals surface area contributed by atoms with Gasteiger partial charge in [0, 0.05) is 29.0 Å². The zero-order valence-corrected chi connectivity index (χ0v) is 20.1. The molecular weight excluding hydrogens is 460 g/mol. The molecule has 9 nitrogen and oxygen atoms in total. The zero-order valence-electron chi connectivity index (χ0n) is 20.1. The molecule has 1 atom stereocenters. The van der Waals surface area contributed by atoms with Crippen molar-refractivity contribution in [1.29, 1.82) is 0 Å². The summed E-state index contributed by atoms with van der Waals surface area (Å²) in [4.78, 5) is 37.6. The number of carbonyl (C=O) groups is 3. The number of methoxy groups -OCH3 is 2. The molecule has 3 N–H and O–H groups in total. The molecule has 1 aliphatic heterocycles. The summed E-state index contributed by atoms with van der Waals surface area (Å²) >= 11 is 0. The van der Waals surface area contributed by atoms with Crippen molar-refractivity contribution in [3.8, 4) is 11.5 Å². The quantitative estimate of drug-likeness (QED) is 0.465. The third kappa shape index (κ3) is 5.52. The van der Waals surface area contributed by atoms with Gasteiger partial charge in [0.05, 0.1) is 31.3 Å². The second-order valence-electron chi connectivity index (χ2n) is 8.26. The van der Waals surface area contributed by atoms with E-state index in [2.05, 4.69) is 21.2 Å². The van der Waals surface area contributed by atoms with Crippen molar-refractivity contribution in [2.45, 2.75) is 13.3 Å². The second kappa shape index (κ2) is 10.7. The molecular formula is C27H26N4O5. The monoisotopic (exact) mass is 486 g/mol. The molecule has 184 valence electrons. The summed E-state index contributed by atoms with van der Waals surface area (Å²) < 4.78 is 10.3. The Morgan fingerprint density at radius 3 is 1.86 bits per heavy atom. The number of hydrazone groups is 1. The van der Waals surface area contributed by atoms with Crippen LogP contribution in [0.3, 0.4) is 0 Å². The van der Waals surface area contributed by atoms with E-state index < -0.39 is 0 Å². The summed E-state index contributed by atoms with van der Waals surface area (Å²) in [6, 6.07) is 18.6. The third-order valence-electron chi connectivity index (χ3n) is 5.78. The standard InChI is InChI=1S/C27H26N4O5/c1-16-14-24(32)30-31-25(16)19-8-13-22(28-26(33)17-4-9-20(35-2)10-5-17)23(15-19)29-27(34)18-6-11-21(36-3)12-7-18/h4-13,15-16H,14H2,1-3H3,(H,28,33)(H,29,34)(H,30,32). The van der Waals surface area contributed by atoms with Crippen LogP contribution in [-0.2, 0) is 4.79 Å². The highest BCUT2D eigenvalue weighted by Crippen LogP contribution is 2.28. The summed E-state index contributed by atoms with van der Waals surface area (Å²) in [7, 11) is 3.10. The number of amides is 3. The lowest BCUT2D eigenvalue weighted by Crippen LogP contribution is -2.32. The Hall–Kier alpha value is -4.66. The third-order valence-corrected chi connectivity index (χ3v) is 5.78. The van der Waals surface area contributed by atoms with Crippen LogP contribution in [0.25, 0.3) is 0 Å². The average Bonchev–Trinajstić information content (AvgIpc) is 2.89. The summed E-state index contributed by atoms with van der Waals surface area (Å²) in [5, 5.41) is 9.95. The maximum absolute atomic E-state index is 13.0. The average molecular weight is 487 g/mol. The molecule has 36 heavy (non-hydrogen) atoms. The van der Waals surface area contributed by atoms with E-state index in [9.17, 15) is 14.4 Å². The Balaban J connectivity index is 1.65. The van der Waals surface area contributed by atoms with Gasteiger partial charge in [0.15, 0.2) is 0 Å². The first-order chi connectivity index (χ1) is 17.4. The molecule has 3 aromatic rings. The first-order valence-electron chi connectivity index (χ1n) is 11.3. The molecule has 9 heteroatoms. The number of nitrogens with one attached hydrogen (secondary N) is 3. The molecule has 0 fully saturated rings. The van der Waals surface area contributed by atoms with E-state index in [1.165, 1.54) is 0 Å². The lowest BCUT2D eigenvalue weighted by molar-refractivity contribution is -0.121. The van der Waals surface area contributed by atoms with Crippen LogP contribution in [0.4, 0.5) is 11.4 Å². The normalized spacial score (nSPS) is 14.8. The molecule has 0 spiro atoms. The molecule has 1 aliphatic rings. The lowest BCUT2D eigenvalue weighted by atomic mass is 9.93. The number of carbonyl (C=O) groups excluding carboxylic acids is 3. The van der Waals surface area contributed by atoms with Crippen molar-refractivity contribution in [2.24, 2.45) is 11.0 Å². The minimum Gasteiger partial charge on any atom is -0.497 e. The van der Waals surface area contributed by atoms with Crippen LogP contribution in [-0.4, -0.2) is 37.7 Å². The first kappa shape index (κ1) is 24.5. The Morgan fingerprint density at radius 1 is 0.833 bits per heavy atom. The summed E-state index contributed by atoms with van der Waals surface area (Å²) in [6.45, 7) is 1.91. The minimum atomic E-state index is -0.360. The molecule has 0 saturated heterocycles. The smallest absolute Gasteiger partial charge is 0.255 e. The van der Waals surface area contributed by atoms with Crippen LogP contribution in [0, 0.1) is 5.92 Å². The number of ether oxygens (including phenoxy) is 2. The fourth-order valence-electron chi connectivity index (χ4n) is 3.79. The molecule has 1 unspecified atom stereocenters. The molecule has 0 saturated carbocycles. The Kier molecular flexibility index (Phi) is 7.29. The minimum absolute atomic E-state index is 0.108. The molecule has 3 amide bonds. The number of rotatable bonds is 7.